The van der Waals surface area contributed by atoms with Crippen LogP contribution in [-0.4, -0.2) is 28.6 Å². The minimum atomic E-state index is -0.151. The molecule has 6 heteroatoms. The average Bonchev–Trinajstić information content (AvgIpc) is 2.73. The number of pyridine rings is 2. The molecule has 0 amide bonds. The van der Waals surface area contributed by atoms with E-state index in [0.717, 1.165) is 22.4 Å². The summed E-state index contributed by atoms with van der Waals surface area (Å²) in [5, 5.41) is 0. The molecule has 0 atom stereocenters. The quantitative estimate of drug-likeness (QED) is 0.545. The minimum absolute atomic E-state index is 0.151. The van der Waals surface area contributed by atoms with E-state index in [1.807, 2.05) is 43.3 Å². The van der Waals surface area contributed by atoms with Gasteiger partial charge in [0.05, 0.1) is 19.9 Å². The first-order chi connectivity index (χ1) is 13.6. The zero-order chi connectivity index (χ0) is 19.7. The van der Waals surface area contributed by atoms with Crippen molar-refractivity contribution in [2.75, 3.05) is 14.2 Å². The Morgan fingerprint density at radius 2 is 1.64 bits per heavy atom. The fraction of sp³-hybridized carbons (Fsp3) is 0.136. The van der Waals surface area contributed by atoms with Crippen molar-refractivity contribution in [2.24, 2.45) is 0 Å². The molecule has 28 heavy (non-hydrogen) atoms. The maximum Gasteiger partial charge on any atom is 0.258 e. The van der Waals surface area contributed by atoms with Gasteiger partial charge in [-0.15, -0.1) is 0 Å². The van der Waals surface area contributed by atoms with Crippen molar-refractivity contribution in [3.05, 3.63) is 77.0 Å². The lowest BCUT2D eigenvalue weighted by atomic mass is 10.1. The van der Waals surface area contributed by atoms with Crippen molar-refractivity contribution >= 4 is 5.65 Å². The summed E-state index contributed by atoms with van der Waals surface area (Å²) in [5.41, 5.74) is 4.65. The number of hydrogen-bond acceptors (Lipinski definition) is 5. The predicted molar refractivity (Wildman–Crippen MR) is 108 cm³/mol. The van der Waals surface area contributed by atoms with Crippen LogP contribution in [-0.2, 0) is 0 Å². The van der Waals surface area contributed by atoms with Gasteiger partial charge in [-0.1, -0.05) is 0 Å². The van der Waals surface area contributed by atoms with Crippen LogP contribution in [0, 0.1) is 6.92 Å². The van der Waals surface area contributed by atoms with Gasteiger partial charge in [-0.3, -0.25) is 14.2 Å². The largest absolute Gasteiger partial charge is 0.493 e. The third-order valence-electron chi connectivity index (χ3n) is 4.57. The Balaban J connectivity index is 1.82. The molecular formula is C22H19N3O3. The third-order valence-corrected chi connectivity index (χ3v) is 4.57. The summed E-state index contributed by atoms with van der Waals surface area (Å²) >= 11 is 0. The van der Waals surface area contributed by atoms with Gasteiger partial charge in [-0.25, -0.2) is 4.98 Å². The molecule has 0 aliphatic rings. The molecule has 6 nitrogen and oxygen atoms in total. The number of methoxy groups -OCH3 is 2. The molecule has 0 aliphatic heterocycles. The van der Waals surface area contributed by atoms with Crippen molar-refractivity contribution in [2.45, 2.75) is 6.92 Å². The number of aromatic nitrogens is 3. The van der Waals surface area contributed by atoms with Crippen LogP contribution in [0.2, 0.25) is 0 Å². The Labute approximate surface area is 162 Å². The van der Waals surface area contributed by atoms with E-state index in [2.05, 4.69) is 9.97 Å². The highest BCUT2D eigenvalue weighted by atomic mass is 16.5. The standard InChI is InChI=1S/C22H19N3O3/c1-14-10-15(8-9-23-14)17-5-7-21-24-18(12-22(26)25(21)13-17)16-4-6-19(27-2)20(11-16)28-3/h4-13H,1-3H3. The molecule has 3 heterocycles. The molecule has 0 N–H and O–H groups in total. The first-order valence-electron chi connectivity index (χ1n) is 8.78. The van der Waals surface area contributed by atoms with Gasteiger partial charge in [0.2, 0.25) is 0 Å². The number of ether oxygens (including phenoxy) is 2. The smallest absolute Gasteiger partial charge is 0.258 e. The van der Waals surface area contributed by atoms with E-state index in [9.17, 15) is 4.79 Å². The molecule has 4 rings (SSSR count). The van der Waals surface area contributed by atoms with Crippen LogP contribution >= 0.6 is 0 Å². The van der Waals surface area contributed by atoms with E-state index in [1.54, 1.807) is 37.1 Å². The highest BCUT2D eigenvalue weighted by Crippen LogP contribution is 2.31. The van der Waals surface area contributed by atoms with Gasteiger partial charge in [0.15, 0.2) is 11.5 Å². The molecule has 0 bridgehead atoms. The van der Waals surface area contributed by atoms with E-state index in [1.165, 1.54) is 6.07 Å². The van der Waals surface area contributed by atoms with E-state index in [0.29, 0.717) is 22.8 Å². The van der Waals surface area contributed by atoms with Gasteiger partial charge in [0, 0.05) is 29.7 Å². The van der Waals surface area contributed by atoms with Crippen molar-refractivity contribution < 1.29 is 9.47 Å². The lowest BCUT2D eigenvalue weighted by Gasteiger charge is -2.10. The van der Waals surface area contributed by atoms with E-state index >= 15 is 0 Å². The van der Waals surface area contributed by atoms with E-state index in [-0.39, 0.29) is 5.56 Å². The molecule has 0 spiro atoms. The normalized spacial score (nSPS) is 10.8. The van der Waals surface area contributed by atoms with Gasteiger partial charge in [-0.2, -0.15) is 0 Å². The molecule has 4 aromatic rings. The van der Waals surface area contributed by atoms with Gasteiger partial charge in [0.25, 0.3) is 5.56 Å². The van der Waals surface area contributed by atoms with E-state index < -0.39 is 0 Å². The molecule has 0 saturated carbocycles. The molecule has 0 fully saturated rings. The molecule has 0 saturated heterocycles. The van der Waals surface area contributed by atoms with Crippen LogP contribution in [0.25, 0.3) is 28.0 Å². The number of benzene rings is 1. The van der Waals surface area contributed by atoms with Crippen molar-refractivity contribution in [3.8, 4) is 33.9 Å². The highest BCUT2D eigenvalue weighted by Gasteiger charge is 2.10. The summed E-state index contributed by atoms with van der Waals surface area (Å²) in [6.45, 7) is 1.94. The zero-order valence-corrected chi connectivity index (χ0v) is 15.8. The molecule has 0 radical (unpaired) electrons. The predicted octanol–water partition coefficient (Wildman–Crippen LogP) is 3.75. The molecular weight excluding hydrogens is 354 g/mol. The molecule has 0 unspecified atom stereocenters. The molecule has 0 aliphatic carbocycles. The Kier molecular flexibility index (Phi) is 4.53. The Morgan fingerprint density at radius 3 is 2.39 bits per heavy atom. The Morgan fingerprint density at radius 1 is 0.857 bits per heavy atom. The number of aryl methyl sites for hydroxylation is 1. The molecule has 3 aromatic heterocycles. The second kappa shape index (κ2) is 7.15. The lowest BCUT2D eigenvalue weighted by molar-refractivity contribution is 0.355. The molecule has 140 valence electrons. The number of fused-ring (bicyclic) bond motifs is 1. The zero-order valence-electron chi connectivity index (χ0n) is 15.8. The molecule has 1 aromatic carbocycles. The number of nitrogens with zero attached hydrogens (tertiary/aromatic N) is 3. The summed E-state index contributed by atoms with van der Waals surface area (Å²) in [5.74, 6) is 1.21. The van der Waals surface area contributed by atoms with Crippen LogP contribution < -0.4 is 15.0 Å². The maximum atomic E-state index is 12.8. The average molecular weight is 373 g/mol. The second-order valence-electron chi connectivity index (χ2n) is 6.38. The SMILES string of the molecule is COc1ccc(-c2cc(=O)n3cc(-c4ccnc(C)c4)ccc3n2)cc1OC. The maximum absolute atomic E-state index is 12.8. The van der Waals surface area contributed by atoms with Crippen LogP contribution in [0.1, 0.15) is 5.69 Å². The number of hydrogen-bond donors (Lipinski definition) is 0. The first kappa shape index (κ1) is 17.7. The first-order valence-corrected chi connectivity index (χ1v) is 8.78. The van der Waals surface area contributed by atoms with Crippen LogP contribution in [0.15, 0.2) is 65.7 Å². The summed E-state index contributed by atoms with van der Waals surface area (Å²) in [4.78, 5) is 21.6. The summed E-state index contributed by atoms with van der Waals surface area (Å²) in [6, 6.07) is 14.7. The van der Waals surface area contributed by atoms with Crippen LogP contribution in [0.4, 0.5) is 0 Å². The highest BCUT2D eigenvalue weighted by molar-refractivity contribution is 5.68. The minimum Gasteiger partial charge on any atom is -0.493 e. The second-order valence-corrected chi connectivity index (χ2v) is 6.38. The van der Waals surface area contributed by atoms with Crippen molar-refractivity contribution in [1.82, 2.24) is 14.4 Å². The van der Waals surface area contributed by atoms with Crippen molar-refractivity contribution in [1.29, 1.82) is 0 Å². The fourth-order valence-corrected chi connectivity index (χ4v) is 3.14. The number of rotatable bonds is 4. The monoisotopic (exact) mass is 373 g/mol. The van der Waals surface area contributed by atoms with Gasteiger partial charge in [0.1, 0.15) is 5.65 Å². The van der Waals surface area contributed by atoms with Gasteiger partial charge in [-0.05, 0) is 60.5 Å². The summed E-state index contributed by atoms with van der Waals surface area (Å²) < 4.78 is 12.2. The Hall–Kier alpha value is -3.67. The van der Waals surface area contributed by atoms with Gasteiger partial charge >= 0.3 is 0 Å². The lowest BCUT2D eigenvalue weighted by Crippen LogP contribution is -2.14. The third kappa shape index (κ3) is 3.20. The summed E-state index contributed by atoms with van der Waals surface area (Å²) in [7, 11) is 3.16. The fourth-order valence-electron chi connectivity index (χ4n) is 3.14. The van der Waals surface area contributed by atoms with Crippen molar-refractivity contribution in [3.63, 3.8) is 0 Å². The Bertz CT molecular complexity index is 1230. The van der Waals surface area contributed by atoms with Crippen LogP contribution in [0.5, 0.6) is 11.5 Å². The van der Waals surface area contributed by atoms with E-state index in [4.69, 9.17) is 9.47 Å². The topological polar surface area (TPSA) is 65.7 Å². The summed E-state index contributed by atoms with van der Waals surface area (Å²) in [6.07, 6.45) is 3.56. The van der Waals surface area contributed by atoms with Crippen LogP contribution in [0.3, 0.4) is 0 Å². The van der Waals surface area contributed by atoms with Gasteiger partial charge < -0.3 is 9.47 Å².